The number of allylic oxidation sites excluding steroid dienone is 1. The molecule has 2 aromatic carbocycles. The van der Waals surface area contributed by atoms with Crippen LogP contribution in [0.25, 0.3) is 6.08 Å². The number of aryl methyl sites for hydroxylation is 1. The Kier molecular flexibility index (Phi) is 5.14. The molecule has 23 heavy (non-hydrogen) atoms. The van der Waals surface area contributed by atoms with E-state index in [1.807, 2.05) is 0 Å². The summed E-state index contributed by atoms with van der Waals surface area (Å²) in [5.74, 6) is 1.02. The van der Waals surface area contributed by atoms with Crippen molar-refractivity contribution in [2.45, 2.75) is 25.3 Å². The van der Waals surface area contributed by atoms with Gasteiger partial charge in [-0.1, -0.05) is 54.6 Å². The maximum Gasteiger partial charge on any atom is 0.126 e. The van der Waals surface area contributed by atoms with E-state index in [1.54, 1.807) is 0 Å². The average molecular weight is 307 g/mol. The molecule has 0 saturated heterocycles. The first-order valence-corrected chi connectivity index (χ1v) is 8.38. The largest absolute Gasteiger partial charge is 0.493 e. The molecule has 120 valence electrons. The van der Waals surface area contributed by atoms with E-state index in [1.165, 1.54) is 16.7 Å². The summed E-state index contributed by atoms with van der Waals surface area (Å²) in [6.07, 6.45) is 7.67. The van der Waals surface area contributed by atoms with Gasteiger partial charge in [0.15, 0.2) is 0 Å². The van der Waals surface area contributed by atoms with Crippen molar-refractivity contribution in [3.8, 4) is 5.75 Å². The van der Waals surface area contributed by atoms with Crippen molar-refractivity contribution in [3.63, 3.8) is 0 Å². The highest BCUT2D eigenvalue weighted by atomic mass is 16.5. The highest BCUT2D eigenvalue weighted by molar-refractivity contribution is 5.63. The Hall–Kier alpha value is -2.06. The molecule has 2 nitrogen and oxygen atoms in total. The monoisotopic (exact) mass is 307 g/mol. The first kappa shape index (κ1) is 15.8. The summed E-state index contributed by atoms with van der Waals surface area (Å²) >= 11 is 0. The second-order valence-electron chi connectivity index (χ2n) is 6.30. The number of rotatable bonds is 6. The SMILES string of the molecule is CN(C)[C@@H](CCOc1cccc2c1C=CCC2)c1ccccc1. The summed E-state index contributed by atoms with van der Waals surface area (Å²) in [6.45, 7) is 0.724. The fourth-order valence-electron chi connectivity index (χ4n) is 3.24. The van der Waals surface area contributed by atoms with Crippen molar-refractivity contribution in [2.75, 3.05) is 20.7 Å². The first-order chi connectivity index (χ1) is 11.3. The minimum atomic E-state index is 0.381. The van der Waals surface area contributed by atoms with Crippen molar-refractivity contribution in [1.29, 1.82) is 0 Å². The highest BCUT2D eigenvalue weighted by Gasteiger charge is 2.15. The molecule has 0 aliphatic heterocycles. The first-order valence-electron chi connectivity index (χ1n) is 8.38. The summed E-state index contributed by atoms with van der Waals surface area (Å²) < 4.78 is 6.13. The number of hydrogen-bond acceptors (Lipinski definition) is 2. The maximum atomic E-state index is 6.13. The number of fused-ring (bicyclic) bond motifs is 1. The Morgan fingerprint density at radius 1 is 1.04 bits per heavy atom. The predicted octanol–water partition coefficient (Wildman–Crippen LogP) is 4.72. The molecule has 2 aromatic rings. The molecule has 3 rings (SSSR count). The second kappa shape index (κ2) is 7.47. The van der Waals surface area contributed by atoms with Gasteiger partial charge in [0.2, 0.25) is 0 Å². The highest BCUT2D eigenvalue weighted by Crippen LogP contribution is 2.29. The van der Waals surface area contributed by atoms with E-state index in [-0.39, 0.29) is 0 Å². The van der Waals surface area contributed by atoms with Crippen LogP contribution in [-0.2, 0) is 6.42 Å². The fraction of sp³-hybridized carbons (Fsp3) is 0.333. The molecule has 0 spiro atoms. The lowest BCUT2D eigenvalue weighted by atomic mass is 9.97. The summed E-state index contributed by atoms with van der Waals surface area (Å²) in [6, 6.07) is 17.4. The third-order valence-electron chi connectivity index (χ3n) is 4.48. The molecule has 0 heterocycles. The quantitative estimate of drug-likeness (QED) is 0.766. The Morgan fingerprint density at radius 3 is 2.65 bits per heavy atom. The van der Waals surface area contributed by atoms with E-state index < -0.39 is 0 Å². The third-order valence-corrected chi connectivity index (χ3v) is 4.48. The van der Waals surface area contributed by atoms with E-state index in [4.69, 9.17) is 4.74 Å². The van der Waals surface area contributed by atoms with Crippen molar-refractivity contribution in [1.82, 2.24) is 4.90 Å². The zero-order valence-electron chi connectivity index (χ0n) is 14.0. The molecule has 0 saturated carbocycles. The number of ether oxygens (including phenoxy) is 1. The van der Waals surface area contributed by atoms with Crippen LogP contribution >= 0.6 is 0 Å². The van der Waals surface area contributed by atoms with Crippen LogP contribution in [0, 0.1) is 0 Å². The van der Waals surface area contributed by atoms with Crippen molar-refractivity contribution >= 4 is 6.08 Å². The lowest BCUT2D eigenvalue weighted by molar-refractivity contribution is 0.223. The van der Waals surface area contributed by atoms with E-state index >= 15 is 0 Å². The molecule has 1 atom stereocenters. The normalized spacial score (nSPS) is 14.6. The molecular weight excluding hydrogens is 282 g/mol. The summed E-state index contributed by atoms with van der Waals surface area (Å²) in [7, 11) is 4.26. The number of hydrogen-bond donors (Lipinski definition) is 0. The van der Waals surface area contributed by atoms with Crippen LogP contribution in [0.5, 0.6) is 5.75 Å². The van der Waals surface area contributed by atoms with Crippen molar-refractivity contribution < 1.29 is 4.74 Å². The molecular formula is C21H25NO. The van der Waals surface area contributed by atoms with Gasteiger partial charge in [-0.2, -0.15) is 0 Å². The Morgan fingerprint density at radius 2 is 1.87 bits per heavy atom. The van der Waals surface area contributed by atoms with Crippen LogP contribution in [0.1, 0.15) is 35.6 Å². The number of nitrogens with zero attached hydrogens (tertiary/aromatic N) is 1. The van der Waals surface area contributed by atoms with Crippen LogP contribution in [0.15, 0.2) is 54.6 Å². The zero-order valence-corrected chi connectivity index (χ0v) is 14.0. The van der Waals surface area contributed by atoms with Crippen molar-refractivity contribution in [2.24, 2.45) is 0 Å². The molecule has 0 aromatic heterocycles. The van der Waals surface area contributed by atoms with Gasteiger partial charge in [0.05, 0.1) is 6.61 Å². The van der Waals surface area contributed by atoms with Gasteiger partial charge in [0.1, 0.15) is 5.75 Å². The van der Waals surface area contributed by atoms with Crippen LogP contribution in [-0.4, -0.2) is 25.6 Å². The van der Waals surface area contributed by atoms with Gasteiger partial charge >= 0.3 is 0 Å². The molecule has 0 amide bonds. The smallest absolute Gasteiger partial charge is 0.126 e. The maximum absolute atomic E-state index is 6.13. The molecule has 0 unspecified atom stereocenters. The molecule has 1 aliphatic rings. The van der Waals surface area contributed by atoms with Crippen LogP contribution in [0.2, 0.25) is 0 Å². The fourth-order valence-corrected chi connectivity index (χ4v) is 3.24. The Bertz CT molecular complexity index is 661. The molecule has 1 aliphatic carbocycles. The van der Waals surface area contributed by atoms with Gasteiger partial charge in [-0.15, -0.1) is 0 Å². The zero-order chi connectivity index (χ0) is 16.1. The van der Waals surface area contributed by atoms with E-state index in [0.717, 1.165) is 31.6 Å². The predicted molar refractivity (Wildman–Crippen MR) is 96.8 cm³/mol. The standard InChI is InChI=1S/C21H25NO/c1-22(2)20(18-10-4-3-5-11-18)15-16-23-21-14-8-12-17-9-6-7-13-19(17)21/h3-5,7-8,10-14,20H,6,9,15-16H2,1-2H3/t20-/m0/s1. The average Bonchev–Trinajstić information content (AvgIpc) is 2.59. The Balaban J connectivity index is 1.66. The van der Waals surface area contributed by atoms with Crippen LogP contribution in [0.4, 0.5) is 0 Å². The topological polar surface area (TPSA) is 12.5 Å². The van der Waals surface area contributed by atoms with Gasteiger partial charge in [-0.3, -0.25) is 0 Å². The molecule has 0 radical (unpaired) electrons. The van der Waals surface area contributed by atoms with Crippen LogP contribution < -0.4 is 4.74 Å². The van der Waals surface area contributed by atoms with Crippen LogP contribution in [0.3, 0.4) is 0 Å². The summed E-state index contributed by atoms with van der Waals surface area (Å²) in [4.78, 5) is 2.26. The van der Waals surface area contributed by atoms with E-state index in [0.29, 0.717) is 6.04 Å². The van der Waals surface area contributed by atoms with Gasteiger partial charge in [-0.05, 0) is 44.1 Å². The second-order valence-corrected chi connectivity index (χ2v) is 6.30. The minimum absolute atomic E-state index is 0.381. The molecule has 0 bridgehead atoms. The molecule has 0 N–H and O–H groups in total. The van der Waals surface area contributed by atoms with E-state index in [9.17, 15) is 0 Å². The number of benzene rings is 2. The third kappa shape index (κ3) is 3.83. The van der Waals surface area contributed by atoms with Crippen molar-refractivity contribution in [3.05, 3.63) is 71.3 Å². The lowest BCUT2D eigenvalue weighted by Gasteiger charge is -2.25. The van der Waals surface area contributed by atoms with Gasteiger partial charge in [0.25, 0.3) is 0 Å². The lowest BCUT2D eigenvalue weighted by Crippen LogP contribution is -2.22. The summed E-state index contributed by atoms with van der Waals surface area (Å²) in [5, 5.41) is 0. The Labute approximate surface area is 139 Å². The summed E-state index contributed by atoms with van der Waals surface area (Å²) in [5.41, 5.74) is 4.01. The molecule has 0 fully saturated rings. The van der Waals surface area contributed by atoms with Gasteiger partial charge < -0.3 is 9.64 Å². The minimum Gasteiger partial charge on any atom is -0.493 e. The van der Waals surface area contributed by atoms with Gasteiger partial charge in [-0.25, -0.2) is 0 Å². The van der Waals surface area contributed by atoms with E-state index in [2.05, 4.69) is 79.7 Å². The van der Waals surface area contributed by atoms with Gasteiger partial charge in [0, 0.05) is 18.0 Å². The molecule has 2 heteroatoms.